The molecule has 2 aromatic rings. The number of aryl methyl sites for hydroxylation is 1. The Labute approximate surface area is 122 Å². The van der Waals surface area contributed by atoms with Gasteiger partial charge in [-0.1, -0.05) is 18.2 Å². The van der Waals surface area contributed by atoms with Gasteiger partial charge in [0, 0.05) is 29.7 Å². The molecular weight excluding hydrogens is 272 g/mol. The van der Waals surface area contributed by atoms with Crippen molar-refractivity contribution in [3.8, 4) is 0 Å². The zero-order valence-electron chi connectivity index (χ0n) is 11.5. The summed E-state index contributed by atoms with van der Waals surface area (Å²) in [5, 5.41) is 11.9. The predicted octanol–water partition coefficient (Wildman–Crippen LogP) is 3.32. The van der Waals surface area contributed by atoms with E-state index in [1.807, 2.05) is 42.6 Å². The number of hydrogen-bond donors (Lipinski definition) is 1. The number of aromatic nitrogens is 1. The van der Waals surface area contributed by atoms with Gasteiger partial charge in [-0.05, 0) is 25.5 Å². The van der Waals surface area contributed by atoms with Crippen molar-refractivity contribution in [3.63, 3.8) is 0 Å². The van der Waals surface area contributed by atoms with Gasteiger partial charge in [0.1, 0.15) is 5.01 Å². The number of carbonyl (C=O) groups is 1. The fourth-order valence-electron chi connectivity index (χ4n) is 2.00. The van der Waals surface area contributed by atoms with Crippen LogP contribution in [0.3, 0.4) is 0 Å². The molecule has 0 spiro atoms. The molecule has 0 aliphatic carbocycles. The zero-order valence-corrected chi connectivity index (χ0v) is 12.3. The lowest BCUT2D eigenvalue weighted by Gasteiger charge is -2.23. The molecule has 4 nitrogen and oxygen atoms in total. The Morgan fingerprint density at radius 1 is 1.35 bits per heavy atom. The number of nitrogens with zero attached hydrogens (tertiary/aromatic N) is 2. The smallest absolute Gasteiger partial charge is 0.303 e. The summed E-state index contributed by atoms with van der Waals surface area (Å²) in [5.74, 6) is -0.747. The molecule has 5 heteroatoms. The van der Waals surface area contributed by atoms with Crippen molar-refractivity contribution < 1.29 is 9.90 Å². The highest BCUT2D eigenvalue weighted by Gasteiger charge is 2.10. The molecule has 1 heterocycles. The molecule has 20 heavy (non-hydrogen) atoms. The number of hydrogen-bond acceptors (Lipinski definition) is 4. The Morgan fingerprint density at radius 2 is 2.10 bits per heavy atom. The van der Waals surface area contributed by atoms with Crippen LogP contribution in [0.4, 0.5) is 5.69 Å². The van der Waals surface area contributed by atoms with Gasteiger partial charge >= 0.3 is 5.97 Å². The summed E-state index contributed by atoms with van der Waals surface area (Å²) >= 11 is 1.64. The Bertz CT molecular complexity index is 554. The van der Waals surface area contributed by atoms with Gasteiger partial charge in [-0.15, -0.1) is 11.3 Å². The number of thiazole rings is 1. The minimum Gasteiger partial charge on any atom is -0.481 e. The van der Waals surface area contributed by atoms with Gasteiger partial charge < -0.3 is 10.0 Å². The maximum absolute atomic E-state index is 10.7. The van der Waals surface area contributed by atoms with Gasteiger partial charge in [-0.2, -0.15) is 0 Å². The number of rotatable bonds is 7. The molecule has 2 rings (SSSR count). The minimum absolute atomic E-state index is 0.195. The van der Waals surface area contributed by atoms with Crippen LogP contribution in [-0.2, 0) is 11.3 Å². The maximum atomic E-state index is 10.7. The van der Waals surface area contributed by atoms with Gasteiger partial charge in [-0.3, -0.25) is 4.79 Å². The average Bonchev–Trinajstić information content (AvgIpc) is 2.84. The molecule has 1 N–H and O–H groups in total. The Morgan fingerprint density at radius 3 is 2.70 bits per heavy atom. The van der Waals surface area contributed by atoms with Crippen LogP contribution in [0, 0.1) is 6.92 Å². The van der Waals surface area contributed by atoms with Crippen molar-refractivity contribution in [1.29, 1.82) is 0 Å². The van der Waals surface area contributed by atoms with Crippen molar-refractivity contribution in [3.05, 3.63) is 46.4 Å². The second-order valence-electron chi connectivity index (χ2n) is 4.64. The molecule has 0 aliphatic heterocycles. The summed E-state index contributed by atoms with van der Waals surface area (Å²) in [6.45, 7) is 3.42. The van der Waals surface area contributed by atoms with Crippen LogP contribution in [0.25, 0.3) is 0 Å². The maximum Gasteiger partial charge on any atom is 0.303 e. The van der Waals surface area contributed by atoms with E-state index in [1.54, 1.807) is 11.3 Å². The Kier molecular flexibility index (Phi) is 5.12. The fourth-order valence-corrected chi connectivity index (χ4v) is 2.78. The van der Waals surface area contributed by atoms with Gasteiger partial charge in [0.25, 0.3) is 0 Å². The molecule has 0 amide bonds. The normalized spacial score (nSPS) is 10.4. The highest BCUT2D eigenvalue weighted by Crippen LogP contribution is 2.19. The van der Waals surface area contributed by atoms with E-state index in [4.69, 9.17) is 5.11 Å². The minimum atomic E-state index is -0.747. The number of carboxylic acid groups (broad SMARTS) is 1. The summed E-state index contributed by atoms with van der Waals surface area (Å²) in [4.78, 5) is 17.3. The van der Waals surface area contributed by atoms with Gasteiger partial charge in [0.15, 0.2) is 0 Å². The van der Waals surface area contributed by atoms with Crippen molar-refractivity contribution in [2.24, 2.45) is 0 Å². The van der Waals surface area contributed by atoms with Crippen molar-refractivity contribution >= 4 is 23.0 Å². The first-order chi connectivity index (χ1) is 9.65. The van der Waals surface area contributed by atoms with E-state index in [0.29, 0.717) is 6.42 Å². The van der Waals surface area contributed by atoms with E-state index in [2.05, 4.69) is 9.88 Å². The van der Waals surface area contributed by atoms with Gasteiger partial charge in [-0.25, -0.2) is 4.98 Å². The second kappa shape index (κ2) is 7.05. The quantitative estimate of drug-likeness (QED) is 0.850. The van der Waals surface area contributed by atoms with Crippen molar-refractivity contribution in [2.75, 3.05) is 11.4 Å². The highest BCUT2D eigenvalue weighted by molar-refractivity contribution is 7.09. The third-order valence-electron chi connectivity index (χ3n) is 2.93. The van der Waals surface area contributed by atoms with Gasteiger partial charge in [0.2, 0.25) is 0 Å². The lowest BCUT2D eigenvalue weighted by atomic mass is 10.2. The first-order valence-electron chi connectivity index (χ1n) is 6.58. The molecule has 1 aromatic carbocycles. The molecule has 1 aromatic heterocycles. The number of benzene rings is 1. The largest absolute Gasteiger partial charge is 0.481 e. The Balaban J connectivity index is 2.05. The third-order valence-corrected chi connectivity index (χ3v) is 3.88. The summed E-state index contributed by atoms with van der Waals surface area (Å²) in [7, 11) is 0. The summed E-state index contributed by atoms with van der Waals surface area (Å²) in [6, 6.07) is 10.0. The summed E-state index contributed by atoms with van der Waals surface area (Å²) in [6.07, 6.45) is 0.828. The average molecular weight is 290 g/mol. The van der Waals surface area contributed by atoms with E-state index in [-0.39, 0.29) is 6.42 Å². The Hall–Kier alpha value is -1.88. The molecule has 0 saturated heterocycles. The number of para-hydroxylation sites is 1. The molecule has 0 atom stereocenters. The fraction of sp³-hybridized carbons (Fsp3) is 0.333. The van der Waals surface area contributed by atoms with Crippen LogP contribution in [0.2, 0.25) is 0 Å². The van der Waals surface area contributed by atoms with E-state index in [1.165, 1.54) is 0 Å². The molecule has 0 radical (unpaired) electrons. The topological polar surface area (TPSA) is 53.4 Å². The van der Waals surface area contributed by atoms with Crippen LogP contribution in [0.5, 0.6) is 0 Å². The molecule has 106 valence electrons. The van der Waals surface area contributed by atoms with Crippen LogP contribution >= 0.6 is 11.3 Å². The highest BCUT2D eigenvalue weighted by atomic mass is 32.1. The molecule has 0 bridgehead atoms. The SMILES string of the molecule is Cc1csc(CN(CCCC(=O)O)c2ccccc2)n1. The molecule has 0 fully saturated rings. The number of aliphatic carboxylic acids is 1. The summed E-state index contributed by atoms with van der Waals surface area (Å²) < 4.78 is 0. The van der Waals surface area contributed by atoms with E-state index in [9.17, 15) is 4.79 Å². The number of anilines is 1. The summed E-state index contributed by atoms with van der Waals surface area (Å²) in [5.41, 5.74) is 2.13. The lowest BCUT2D eigenvalue weighted by molar-refractivity contribution is -0.137. The molecular formula is C15H18N2O2S. The predicted molar refractivity (Wildman–Crippen MR) is 81.2 cm³/mol. The third kappa shape index (κ3) is 4.35. The van der Waals surface area contributed by atoms with Crippen molar-refractivity contribution in [1.82, 2.24) is 4.98 Å². The monoisotopic (exact) mass is 290 g/mol. The zero-order chi connectivity index (χ0) is 14.4. The molecule has 0 unspecified atom stereocenters. The number of carboxylic acids is 1. The molecule has 0 saturated carbocycles. The van der Waals surface area contributed by atoms with Crippen LogP contribution < -0.4 is 4.90 Å². The van der Waals surface area contributed by atoms with Crippen LogP contribution in [-0.4, -0.2) is 22.6 Å². The van der Waals surface area contributed by atoms with Crippen molar-refractivity contribution in [2.45, 2.75) is 26.3 Å². The molecule has 0 aliphatic rings. The van der Waals surface area contributed by atoms with E-state index >= 15 is 0 Å². The van der Waals surface area contributed by atoms with E-state index in [0.717, 1.165) is 29.5 Å². The second-order valence-corrected chi connectivity index (χ2v) is 5.58. The lowest BCUT2D eigenvalue weighted by Crippen LogP contribution is -2.24. The first kappa shape index (κ1) is 14.5. The van der Waals surface area contributed by atoms with Crippen LogP contribution in [0.1, 0.15) is 23.5 Å². The van der Waals surface area contributed by atoms with Gasteiger partial charge in [0.05, 0.1) is 6.54 Å². The van der Waals surface area contributed by atoms with E-state index < -0.39 is 5.97 Å². The first-order valence-corrected chi connectivity index (χ1v) is 7.46. The van der Waals surface area contributed by atoms with Crippen LogP contribution in [0.15, 0.2) is 35.7 Å². The standard InChI is InChI=1S/C15H18N2O2S/c1-12-11-20-14(16-12)10-17(9-5-8-15(18)19)13-6-3-2-4-7-13/h2-4,6-7,11H,5,8-10H2,1H3,(H,18,19).